The number of hydrogen-bond acceptors (Lipinski definition) is 0. The third-order valence-electron chi connectivity index (χ3n) is 8.50. The van der Waals surface area contributed by atoms with Crippen LogP contribution >= 0.6 is 15.9 Å². The summed E-state index contributed by atoms with van der Waals surface area (Å²) in [4.78, 5) is 0. The number of nitrogens with zero attached hydrogens (tertiary/aromatic N) is 1. The molecule has 0 atom stereocenters. The van der Waals surface area contributed by atoms with Crippen LogP contribution in [-0.4, -0.2) is 4.57 Å². The lowest BCUT2D eigenvalue weighted by molar-refractivity contribution is 1.18. The van der Waals surface area contributed by atoms with Crippen LogP contribution < -0.4 is 0 Å². The van der Waals surface area contributed by atoms with E-state index < -0.39 is 0 Å². The van der Waals surface area contributed by atoms with Crippen molar-refractivity contribution in [1.82, 2.24) is 4.57 Å². The van der Waals surface area contributed by atoms with Crippen LogP contribution in [0.1, 0.15) is 0 Å². The van der Waals surface area contributed by atoms with Crippen molar-refractivity contribution in [2.75, 3.05) is 0 Å². The fraction of sp³-hybridized carbons (Fsp3) is 0. The molecule has 0 amide bonds. The van der Waals surface area contributed by atoms with Crippen LogP contribution in [0.5, 0.6) is 0 Å². The van der Waals surface area contributed by atoms with Crippen molar-refractivity contribution in [3.63, 3.8) is 0 Å². The molecule has 0 saturated carbocycles. The summed E-state index contributed by atoms with van der Waals surface area (Å²) in [5, 5.41) is 2.49. The maximum atomic E-state index is 3.58. The Morgan fingerprint density at radius 3 is 1.11 bits per heavy atom. The van der Waals surface area contributed by atoms with Crippen LogP contribution in [-0.2, 0) is 0 Å². The zero-order chi connectivity index (χ0) is 29.5. The molecule has 0 saturated heterocycles. The molecular weight excluding hydrogens is 598 g/mol. The first-order valence-electron chi connectivity index (χ1n) is 14.9. The van der Waals surface area contributed by atoms with Gasteiger partial charge in [-0.25, -0.2) is 0 Å². The number of halogens is 1. The summed E-state index contributed by atoms with van der Waals surface area (Å²) < 4.78 is 3.48. The predicted molar refractivity (Wildman–Crippen MR) is 190 cm³/mol. The standard InChI is InChI=1S/C42H28BrN/c43-37-21-15-34(16-22-37)36-20-26-42-40(28-36)39-27-35(33-13-11-31(12-14-33)29-7-3-1-4-8-29)19-25-41(39)44(42)38-23-17-32(18-24-38)30-9-5-2-6-10-30/h1-28H. The van der Waals surface area contributed by atoms with Gasteiger partial charge in [0.05, 0.1) is 11.0 Å². The molecule has 7 aromatic carbocycles. The van der Waals surface area contributed by atoms with Gasteiger partial charge in [-0.15, -0.1) is 0 Å². The molecule has 208 valence electrons. The van der Waals surface area contributed by atoms with Crippen LogP contribution in [0.2, 0.25) is 0 Å². The van der Waals surface area contributed by atoms with Crippen LogP contribution in [0.3, 0.4) is 0 Å². The molecular formula is C42H28BrN. The summed E-state index contributed by atoms with van der Waals surface area (Å²) in [5.41, 5.74) is 13.3. The second kappa shape index (κ2) is 11.1. The van der Waals surface area contributed by atoms with Gasteiger partial charge in [0.15, 0.2) is 0 Å². The second-order valence-electron chi connectivity index (χ2n) is 11.2. The molecule has 0 spiro atoms. The predicted octanol–water partition coefficient (Wildman–Crippen LogP) is 12.2. The third kappa shape index (κ3) is 4.84. The minimum atomic E-state index is 1.08. The summed E-state index contributed by atoms with van der Waals surface area (Å²) in [5.74, 6) is 0. The van der Waals surface area contributed by atoms with Gasteiger partial charge in [0.2, 0.25) is 0 Å². The Labute approximate surface area is 265 Å². The quantitative estimate of drug-likeness (QED) is 0.179. The van der Waals surface area contributed by atoms with Crippen molar-refractivity contribution in [1.29, 1.82) is 0 Å². The SMILES string of the molecule is Brc1ccc(-c2ccc3c(c2)c2cc(-c4ccc(-c5ccccc5)cc4)ccc2n3-c2ccc(-c3ccccc3)cc2)cc1. The van der Waals surface area contributed by atoms with Gasteiger partial charge < -0.3 is 4.57 Å². The lowest BCUT2D eigenvalue weighted by atomic mass is 9.98. The lowest BCUT2D eigenvalue weighted by Gasteiger charge is -2.10. The van der Waals surface area contributed by atoms with E-state index in [4.69, 9.17) is 0 Å². The second-order valence-corrected chi connectivity index (χ2v) is 12.1. The molecule has 8 aromatic rings. The highest BCUT2D eigenvalue weighted by Crippen LogP contribution is 2.38. The van der Waals surface area contributed by atoms with E-state index in [0.717, 1.165) is 10.2 Å². The van der Waals surface area contributed by atoms with Crippen molar-refractivity contribution in [3.05, 3.63) is 174 Å². The smallest absolute Gasteiger partial charge is 0.0541 e. The summed E-state index contributed by atoms with van der Waals surface area (Å²) in [7, 11) is 0. The van der Waals surface area contributed by atoms with E-state index in [9.17, 15) is 0 Å². The van der Waals surface area contributed by atoms with Gasteiger partial charge in [-0.3, -0.25) is 0 Å². The van der Waals surface area contributed by atoms with Crippen LogP contribution in [0.25, 0.3) is 72.0 Å². The van der Waals surface area contributed by atoms with Crippen molar-refractivity contribution >= 4 is 37.7 Å². The van der Waals surface area contributed by atoms with Gasteiger partial charge in [0.25, 0.3) is 0 Å². The first-order valence-corrected chi connectivity index (χ1v) is 15.7. The van der Waals surface area contributed by atoms with Crippen molar-refractivity contribution in [3.8, 4) is 50.2 Å². The highest BCUT2D eigenvalue weighted by Gasteiger charge is 2.15. The van der Waals surface area contributed by atoms with Crippen LogP contribution in [0.15, 0.2) is 174 Å². The van der Waals surface area contributed by atoms with Gasteiger partial charge in [0.1, 0.15) is 0 Å². The number of hydrogen-bond donors (Lipinski definition) is 0. The fourth-order valence-corrected chi connectivity index (χ4v) is 6.49. The average Bonchev–Trinajstić information content (AvgIpc) is 3.42. The normalized spacial score (nSPS) is 11.3. The minimum Gasteiger partial charge on any atom is -0.309 e. The van der Waals surface area contributed by atoms with E-state index in [1.807, 2.05) is 0 Å². The summed E-state index contributed by atoms with van der Waals surface area (Å²) >= 11 is 3.58. The monoisotopic (exact) mass is 625 g/mol. The molecule has 44 heavy (non-hydrogen) atoms. The average molecular weight is 627 g/mol. The number of benzene rings is 7. The van der Waals surface area contributed by atoms with E-state index in [1.165, 1.54) is 66.3 Å². The van der Waals surface area contributed by atoms with Crippen molar-refractivity contribution in [2.45, 2.75) is 0 Å². The summed E-state index contributed by atoms with van der Waals surface area (Å²) in [6.45, 7) is 0. The Morgan fingerprint density at radius 2 is 0.659 bits per heavy atom. The molecule has 0 radical (unpaired) electrons. The van der Waals surface area contributed by atoms with E-state index in [2.05, 4.69) is 190 Å². The number of fused-ring (bicyclic) bond motifs is 3. The van der Waals surface area contributed by atoms with Crippen LogP contribution in [0.4, 0.5) is 0 Å². The molecule has 0 N–H and O–H groups in total. The molecule has 0 aliphatic carbocycles. The molecule has 0 fully saturated rings. The molecule has 2 heteroatoms. The van der Waals surface area contributed by atoms with Crippen molar-refractivity contribution < 1.29 is 0 Å². The van der Waals surface area contributed by atoms with E-state index >= 15 is 0 Å². The first-order chi connectivity index (χ1) is 21.7. The highest BCUT2D eigenvalue weighted by molar-refractivity contribution is 9.10. The zero-order valence-corrected chi connectivity index (χ0v) is 25.6. The van der Waals surface area contributed by atoms with E-state index in [1.54, 1.807) is 0 Å². The maximum absolute atomic E-state index is 3.58. The maximum Gasteiger partial charge on any atom is 0.0541 e. The zero-order valence-electron chi connectivity index (χ0n) is 24.0. The largest absolute Gasteiger partial charge is 0.309 e. The van der Waals surface area contributed by atoms with Crippen LogP contribution in [0, 0.1) is 0 Å². The molecule has 0 bridgehead atoms. The van der Waals surface area contributed by atoms with Gasteiger partial charge in [-0.2, -0.15) is 0 Å². The molecule has 8 rings (SSSR count). The Balaban J connectivity index is 1.28. The molecule has 0 aliphatic rings. The Kier molecular flexibility index (Phi) is 6.70. The Hall–Kier alpha value is -5.18. The van der Waals surface area contributed by atoms with Gasteiger partial charge in [-0.1, -0.05) is 137 Å². The summed E-state index contributed by atoms with van der Waals surface area (Å²) in [6.07, 6.45) is 0. The summed E-state index contributed by atoms with van der Waals surface area (Å²) in [6, 6.07) is 61.2. The molecule has 0 unspecified atom stereocenters. The molecule has 0 aliphatic heterocycles. The van der Waals surface area contributed by atoms with Crippen molar-refractivity contribution in [2.24, 2.45) is 0 Å². The lowest BCUT2D eigenvalue weighted by Crippen LogP contribution is -1.94. The number of rotatable bonds is 5. The van der Waals surface area contributed by atoms with Gasteiger partial charge >= 0.3 is 0 Å². The number of aromatic nitrogens is 1. The molecule has 1 nitrogen and oxygen atoms in total. The first kappa shape index (κ1) is 26.4. The van der Waals surface area contributed by atoms with Gasteiger partial charge in [-0.05, 0) is 93.0 Å². The third-order valence-corrected chi connectivity index (χ3v) is 9.03. The molecule has 1 aromatic heterocycles. The highest BCUT2D eigenvalue weighted by atomic mass is 79.9. The Morgan fingerprint density at radius 1 is 0.318 bits per heavy atom. The molecule has 1 heterocycles. The van der Waals surface area contributed by atoms with E-state index in [0.29, 0.717) is 0 Å². The minimum absolute atomic E-state index is 1.08. The fourth-order valence-electron chi connectivity index (χ4n) is 6.22. The van der Waals surface area contributed by atoms with Gasteiger partial charge in [0, 0.05) is 20.9 Å². The van der Waals surface area contributed by atoms with E-state index in [-0.39, 0.29) is 0 Å². The topological polar surface area (TPSA) is 4.93 Å². The Bertz CT molecular complexity index is 2230.